The molecule has 0 aliphatic rings. The normalized spacial score (nSPS) is 12.3. The second kappa shape index (κ2) is 6.35. The van der Waals surface area contributed by atoms with E-state index in [2.05, 4.69) is 107 Å². The lowest BCUT2D eigenvalue weighted by Crippen LogP contribution is -2.21. The molecule has 0 radical (unpaired) electrons. The molecular weight excluding hydrogens is 347 g/mol. The zero-order valence-corrected chi connectivity index (χ0v) is 18.0. The first-order valence-electron chi connectivity index (χ1n) is 10.7. The molecule has 0 amide bonds. The third-order valence-electron chi connectivity index (χ3n) is 6.35. The number of benzene rings is 5. The average Bonchev–Trinajstić information content (AvgIpc) is 2.71. The molecule has 0 atom stereocenters. The SMILES string of the molecule is CB(C)c1ccc(-c2ccc3ccc4cc(C(C)(C)C)cc5ccc2c3c45)cc1. The van der Waals surface area contributed by atoms with Crippen molar-refractivity contribution in [2.24, 2.45) is 0 Å². The molecule has 0 heterocycles. The Morgan fingerprint density at radius 1 is 0.621 bits per heavy atom. The minimum Gasteiger partial charge on any atom is -0.0819 e. The Bertz CT molecular complexity index is 1320. The van der Waals surface area contributed by atoms with E-state index in [1.807, 2.05) is 0 Å². The van der Waals surface area contributed by atoms with Crippen LogP contribution in [0.15, 0.2) is 72.8 Å². The van der Waals surface area contributed by atoms with E-state index in [0.29, 0.717) is 6.71 Å². The Morgan fingerprint density at radius 2 is 1.21 bits per heavy atom. The molecule has 0 saturated heterocycles. The maximum atomic E-state index is 2.38. The Balaban J connectivity index is 1.80. The Labute approximate surface area is 174 Å². The van der Waals surface area contributed by atoms with Crippen LogP contribution in [-0.4, -0.2) is 6.71 Å². The van der Waals surface area contributed by atoms with Crippen molar-refractivity contribution in [3.8, 4) is 11.1 Å². The van der Waals surface area contributed by atoms with E-state index in [1.54, 1.807) is 0 Å². The van der Waals surface area contributed by atoms with Crippen LogP contribution < -0.4 is 5.46 Å². The molecule has 0 nitrogen and oxygen atoms in total. The summed E-state index contributed by atoms with van der Waals surface area (Å²) in [4.78, 5) is 0. The lowest BCUT2D eigenvalue weighted by molar-refractivity contribution is 0.591. The highest BCUT2D eigenvalue weighted by Gasteiger charge is 2.18. The average molecular weight is 374 g/mol. The van der Waals surface area contributed by atoms with Gasteiger partial charge in [-0.1, -0.05) is 113 Å². The van der Waals surface area contributed by atoms with E-state index in [-0.39, 0.29) is 5.41 Å². The first kappa shape index (κ1) is 18.2. The lowest BCUT2D eigenvalue weighted by Gasteiger charge is -2.22. The van der Waals surface area contributed by atoms with Gasteiger partial charge in [-0.25, -0.2) is 0 Å². The Hall–Kier alpha value is -2.80. The van der Waals surface area contributed by atoms with Crippen molar-refractivity contribution < 1.29 is 0 Å². The van der Waals surface area contributed by atoms with Gasteiger partial charge in [-0.05, 0) is 54.4 Å². The van der Waals surface area contributed by atoms with E-state index < -0.39 is 0 Å². The zero-order chi connectivity index (χ0) is 20.3. The maximum absolute atomic E-state index is 2.38. The summed E-state index contributed by atoms with van der Waals surface area (Å²) in [5.74, 6) is 0. The summed E-state index contributed by atoms with van der Waals surface area (Å²) in [5.41, 5.74) is 5.55. The topological polar surface area (TPSA) is 0 Å². The van der Waals surface area contributed by atoms with E-state index in [0.717, 1.165) is 0 Å². The summed E-state index contributed by atoms with van der Waals surface area (Å²) in [5, 5.41) is 8.15. The molecule has 5 aromatic rings. The molecular formula is C28H27B. The van der Waals surface area contributed by atoms with E-state index in [1.165, 1.54) is 54.5 Å². The van der Waals surface area contributed by atoms with E-state index >= 15 is 0 Å². The van der Waals surface area contributed by atoms with Crippen LogP contribution in [0, 0.1) is 0 Å². The second-order valence-corrected chi connectivity index (χ2v) is 9.71. The molecule has 0 aliphatic heterocycles. The third-order valence-corrected chi connectivity index (χ3v) is 6.35. The van der Waals surface area contributed by atoms with Crippen molar-refractivity contribution in [2.45, 2.75) is 39.8 Å². The van der Waals surface area contributed by atoms with E-state index in [9.17, 15) is 0 Å². The minimum absolute atomic E-state index is 0.147. The van der Waals surface area contributed by atoms with Gasteiger partial charge in [0.25, 0.3) is 0 Å². The number of rotatable bonds is 2. The quantitative estimate of drug-likeness (QED) is 0.222. The highest BCUT2D eigenvalue weighted by Crippen LogP contribution is 2.40. The summed E-state index contributed by atoms with van der Waals surface area (Å²) in [7, 11) is 0. The van der Waals surface area contributed by atoms with Gasteiger partial charge in [0, 0.05) is 0 Å². The molecule has 0 bridgehead atoms. The fourth-order valence-electron chi connectivity index (χ4n) is 4.55. The molecule has 0 spiro atoms. The van der Waals surface area contributed by atoms with Crippen molar-refractivity contribution in [3.05, 3.63) is 78.4 Å². The zero-order valence-electron chi connectivity index (χ0n) is 18.0. The minimum atomic E-state index is 0.147. The molecule has 0 unspecified atom stereocenters. The van der Waals surface area contributed by atoms with Gasteiger partial charge in [-0.15, -0.1) is 0 Å². The smallest absolute Gasteiger partial charge is 0.0819 e. The molecule has 142 valence electrons. The highest BCUT2D eigenvalue weighted by atomic mass is 14.2. The van der Waals surface area contributed by atoms with Crippen LogP contribution >= 0.6 is 0 Å². The molecule has 0 N–H and O–H groups in total. The Morgan fingerprint density at radius 3 is 1.83 bits per heavy atom. The summed E-state index contributed by atoms with van der Waals surface area (Å²) in [6, 6.07) is 27.6. The monoisotopic (exact) mass is 374 g/mol. The van der Waals surface area contributed by atoms with Crippen molar-refractivity contribution in [1.29, 1.82) is 0 Å². The predicted octanol–water partition coefficient (Wildman–Crippen LogP) is 7.51. The lowest BCUT2D eigenvalue weighted by atomic mass is 9.49. The van der Waals surface area contributed by atoms with Crippen molar-refractivity contribution >= 4 is 44.5 Å². The molecule has 0 aromatic heterocycles. The fourth-order valence-corrected chi connectivity index (χ4v) is 4.55. The largest absolute Gasteiger partial charge is 0.169 e. The summed E-state index contributed by atoms with van der Waals surface area (Å²) in [6.07, 6.45) is 0. The van der Waals surface area contributed by atoms with Crippen LogP contribution in [0.1, 0.15) is 26.3 Å². The van der Waals surface area contributed by atoms with Gasteiger partial charge in [-0.3, -0.25) is 0 Å². The number of hydrogen-bond acceptors (Lipinski definition) is 0. The first-order chi connectivity index (χ1) is 13.8. The molecule has 5 rings (SSSR count). The van der Waals surface area contributed by atoms with Gasteiger partial charge in [0.1, 0.15) is 0 Å². The standard InChI is InChI=1S/C28H27B/c1-28(2,3)22-16-20-7-6-19-10-14-24(18-8-12-23(13-9-18)29(4)5)25-15-11-21(17-22)26(20)27(19)25/h6-17H,1-5H3. The Kier molecular flexibility index (Phi) is 4.00. The van der Waals surface area contributed by atoms with Crippen LogP contribution in [0.5, 0.6) is 0 Å². The molecule has 29 heavy (non-hydrogen) atoms. The summed E-state index contributed by atoms with van der Waals surface area (Å²) >= 11 is 0. The van der Waals surface area contributed by atoms with Crippen molar-refractivity contribution in [3.63, 3.8) is 0 Å². The molecule has 0 fully saturated rings. The van der Waals surface area contributed by atoms with Gasteiger partial charge in [-0.2, -0.15) is 0 Å². The second-order valence-electron chi connectivity index (χ2n) is 9.71. The van der Waals surface area contributed by atoms with Crippen molar-refractivity contribution in [1.82, 2.24) is 0 Å². The molecule has 0 saturated carbocycles. The van der Waals surface area contributed by atoms with Gasteiger partial charge in [0.15, 0.2) is 6.71 Å². The summed E-state index contributed by atoms with van der Waals surface area (Å²) < 4.78 is 0. The maximum Gasteiger partial charge on any atom is 0.169 e. The predicted molar refractivity (Wildman–Crippen MR) is 131 cm³/mol. The highest BCUT2D eigenvalue weighted by molar-refractivity contribution is 6.70. The van der Waals surface area contributed by atoms with Gasteiger partial charge < -0.3 is 0 Å². The van der Waals surface area contributed by atoms with Gasteiger partial charge in [0.05, 0.1) is 0 Å². The summed E-state index contributed by atoms with van der Waals surface area (Å²) in [6.45, 7) is 11.9. The molecule has 1 heteroatoms. The van der Waals surface area contributed by atoms with Gasteiger partial charge in [0.2, 0.25) is 0 Å². The van der Waals surface area contributed by atoms with Crippen molar-refractivity contribution in [2.75, 3.05) is 0 Å². The van der Waals surface area contributed by atoms with Gasteiger partial charge >= 0.3 is 0 Å². The molecule has 0 aliphatic carbocycles. The third kappa shape index (κ3) is 2.92. The van der Waals surface area contributed by atoms with Crippen LogP contribution in [-0.2, 0) is 5.41 Å². The first-order valence-corrected chi connectivity index (χ1v) is 10.7. The van der Waals surface area contributed by atoms with Crippen LogP contribution in [0.4, 0.5) is 0 Å². The fraction of sp³-hybridized carbons (Fsp3) is 0.214. The van der Waals surface area contributed by atoms with Crippen LogP contribution in [0.25, 0.3) is 43.4 Å². The van der Waals surface area contributed by atoms with Crippen LogP contribution in [0.2, 0.25) is 13.6 Å². The van der Waals surface area contributed by atoms with Crippen LogP contribution in [0.3, 0.4) is 0 Å². The molecule has 5 aromatic carbocycles. The van der Waals surface area contributed by atoms with E-state index in [4.69, 9.17) is 0 Å². The number of hydrogen-bond donors (Lipinski definition) is 0.